The smallest absolute Gasteiger partial charge is 0.242 e. The van der Waals surface area contributed by atoms with Gasteiger partial charge >= 0.3 is 0 Å². The van der Waals surface area contributed by atoms with Crippen molar-refractivity contribution in [3.8, 4) is 11.1 Å². The van der Waals surface area contributed by atoms with E-state index in [4.69, 9.17) is 23.2 Å². The van der Waals surface area contributed by atoms with Crippen LogP contribution in [0.5, 0.6) is 0 Å². The number of nitrogens with one attached hydrogen (secondary N) is 3. The number of hydrogen-bond acceptors (Lipinski definition) is 3. The molecule has 3 aromatic rings. The number of rotatable bonds is 8. The van der Waals surface area contributed by atoms with Crippen molar-refractivity contribution in [1.82, 2.24) is 10.9 Å². The largest absolute Gasteiger partial charge is 0.324 e. The Morgan fingerprint density at radius 2 is 1.48 bits per heavy atom. The van der Waals surface area contributed by atoms with Gasteiger partial charge in [0.1, 0.15) is 0 Å². The number of carbonyl (C=O) groups excluding carboxylic acids is 2. The number of halogens is 2. The summed E-state index contributed by atoms with van der Waals surface area (Å²) in [6.45, 7) is 3.75. The lowest BCUT2D eigenvalue weighted by Gasteiger charge is -2.12. The maximum atomic E-state index is 12.2. The fraction of sp³-hybridized carbons (Fsp3) is 0.0833. The molecule has 0 aliphatic carbocycles. The fourth-order valence-corrected chi connectivity index (χ4v) is 3.20. The Hall–Kier alpha value is -3.28. The first kappa shape index (κ1) is 22.4. The molecule has 0 aliphatic heterocycles. The molecular formula is C24H21Cl2N3O2. The van der Waals surface area contributed by atoms with E-state index in [1.165, 1.54) is 0 Å². The minimum absolute atomic E-state index is 0.0467. The Morgan fingerprint density at radius 3 is 2.19 bits per heavy atom. The van der Waals surface area contributed by atoms with Gasteiger partial charge in [0.25, 0.3) is 0 Å². The van der Waals surface area contributed by atoms with E-state index in [1.54, 1.807) is 18.2 Å². The van der Waals surface area contributed by atoms with E-state index in [2.05, 4.69) is 22.7 Å². The number of carbonyl (C=O) groups is 2. The molecule has 5 nitrogen and oxygen atoms in total. The molecule has 0 heterocycles. The van der Waals surface area contributed by atoms with E-state index >= 15 is 0 Å². The second kappa shape index (κ2) is 10.7. The zero-order valence-corrected chi connectivity index (χ0v) is 18.1. The summed E-state index contributed by atoms with van der Waals surface area (Å²) < 4.78 is 0. The summed E-state index contributed by atoms with van der Waals surface area (Å²) in [4.78, 5) is 24.3. The first-order valence-corrected chi connectivity index (χ1v) is 10.3. The van der Waals surface area contributed by atoms with Crippen LogP contribution >= 0.6 is 23.2 Å². The van der Waals surface area contributed by atoms with E-state index < -0.39 is 0 Å². The van der Waals surface area contributed by atoms with Crippen LogP contribution in [0, 0.1) is 0 Å². The second-order valence-corrected chi connectivity index (χ2v) is 7.71. The highest BCUT2D eigenvalue weighted by atomic mass is 35.5. The van der Waals surface area contributed by atoms with Crippen molar-refractivity contribution in [1.29, 1.82) is 0 Å². The second-order valence-electron chi connectivity index (χ2n) is 6.87. The first-order chi connectivity index (χ1) is 14.9. The minimum atomic E-state index is -0.340. The summed E-state index contributed by atoms with van der Waals surface area (Å²) in [6.07, 6.45) is 0.147. The fourth-order valence-electron chi connectivity index (χ4n) is 2.86. The predicted octanol–water partition coefficient (Wildman–Crippen LogP) is 5.37. The monoisotopic (exact) mass is 453 g/mol. The third kappa shape index (κ3) is 6.88. The average molecular weight is 454 g/mol. The molecule has 0 saturated heterocycles. The molecule has 0 fully saturated rings. The van der Waals surface area contributed by atoms with Crippen molar-refractivity contribution >= 4 is 40.7 Å². The van der Waals surface area contributed by atoms with Gasteiger partial charge in [-0.2, -0.15) is 0 Å². The summed E-state index contributed by atoms with van der Waals surface area (Å²) in [5, 5.41) is 3.50. The van der Waals surface area contributed by atoms with Gasteiger partial charge in [-0.1, -0.05) is 84.4 Å². The van der Waals surface area contributed by atoms with Crippen molar-refractivity contribution in [2.45, 2.75) is 12.8 Å². The summed E-state index contributed by atoms with van der Waals surface area (Å²) in [7, 11) is 0. The summed E-state index contributed by atoms with van der Waals surface area (Å²) in [5.74, 6) is -0.584. The van der Waals surface area contributed by atoms with Crippen LogP contribution in [0.4, 0.5) is 5.69 Å². The van der Waals surface area contributed by atoms with Crippen molar-refractivity contribution in [3.05, 3.63) is 101 Å². The van der Waals surface area contributed by atoms with Crippen LogP contribution in [0.25, 0.3) is 11.1 Å². The molecule has 0 atom stereocenters. The number of anilines is 1. The molecule has 158 valence electrons. The molecule has 0 aliphatic rings. The lowest BCUT2D eigenvalue weighted by atomic mass is 10.0. The van der Waals surface area contributed by atoms with Crippen molar-refractivity contribution < 1.29 is 9.59 Å². The highest BCUT2D eigenvalue weighted by molar-refractivity contribution is 6.35. The lowest BCUT2D eigenvalue weighted by molar-refractivity contribution is -0.121. The van der Waals surface area contributed by atoms with E-state index in [-0.39, 0.29) is 24.7 Å². The van der Waals surface area contributed by atoms with E-state index in [0.29, 0.717) is 21.4 Å². The van der Waals surface area contributed by atoms with Crippen molar-refractivity contribution in [2.75, 3.05) is 5.32 Å². The number of hydrogen-bond donors (Lipinski definition) is 3. The van der Waals surface area contributed by atoms with Gasteiger partial charge in [-0.25, -0.2) is 0 Å². The molecule has 0 unspecified atom stereocenters. The number of hydrazine groups is 1. The van der Waals surface area contributed by atoms with Crippen molar-refractivity contribution in [3.63, 3.8) is 0 Å². The quantitative estimate of drug-likeness (QED) is 0.401. The van der Waals surface area contributed by atoms with Crippen LogP contribution in [0.3, 0.4) is 0 Å². The topological polar surface area (TPSA) is 70.2 Å². The van der Waals surface area contributed by atoms with Crippen LogP contribution in [0.1, 0.15) is 12.0 Å². The van der Waals surface area contributed by atoms with Crippen LogP contribution in [-0.2, 0) is 16.0 Å². The zero-order chi connectivity index (χ0) is 22.2. The van der Waals surface area contributed by atoms with Gasteiger partial charge in [-0.15, -0.1) is 0 Å². The first-order valence-electron chi connectivity index (χ1n) is 9.52. The Balaban J connectivity index is 1.44. The Kier molecular flexibility index (Phi) is 7.70. The molecule has 3 N–H and O–H groups in total. The third-order valence-electron chi connectivity index (χ3n) is 4.38. The zero-order valence-electron chi connectivity index (χ0n) is 16.6. The SMILES string of the molecule is C=C(CC(=O)Nc1cc(Cl)ccc1Cl)NNC(=O)Cc1ccc(-c2ccccc2)cc1. The summed E-state index contributed by atoms with van der Waals surface area (Å²) in [5.41, 5.74) is 9.05. The molecule has 3 aromatic carbocycles. The van der Waals surface area contributed by atoms with Gasteiger partial charge in [0, 0.05) is 10.7 Å². The molecule has 0 radical (unpaired) electrons. The minimum Gasteiger partial charge on any atom is -0.324 e. The predicted molar refractivity (Wildman–Crippen MR) is 126 cm³/mol. The molecule has 0 aromatic heterocycles. The molecule has 31 heavy (non-hydrogen) atoms. The van der Waals surface area contributed by atoms with Gasteiger partial charge in [-0.3, -0.25) is 15.0 Å². The van der Waals surface area contributed by atoms with Crippen LogP contribution in [0.2, 0.25) is 10.0 Å². The van der Waals surface area contributed by atoms with Crippen molar-refractivity contribution in [2.24, 2.45) is 0 Å². The summed E-state index contributed by atoms with van der Waals surface area (Å²) in [6, 6.07) is 22.6. The lowest BCUT2D eigenvalue weighted by Crippen LogP contribution is -2.38. The van der Waals surface area contributed by atoms with Gasteiger partial charge < -0.3 is 10.7 Å². The molecule has 7 heteroatoms. The Morgan fingerprint density at radius 1 is 0.806 bits per heavy atom. The van der Waals surface area contributed by atoms with Gasteiger partial charge in [0.15, 0.2) is 0 Å². The Labute approximate surface area is 191 Å². The van der Waals surface area contributed by atoms with Gasteiger partial charge in [-0.05, 0) is 34.9 Å². The third-order valence-corrected chi connectivity index (χ3v) is 4.95. The maximum Gasteiger partial charge on any atom is 0.242 e. The van der Waals surface area contributed by atoms with Crippen LogP contribution in [-0.4, -0.2) is 11.8 Å². The molecule has 0 bridgehead atoms. The highest BCUT2D eigenvalue weighted by Gasteiger charge is 2.10. The van der Waals surface area contributed by atoms with E-state index in [9.17, 15) is 9.59 Å². The molecule has 3 rings (SSSR count). The molecule has 2 amide bonds. The molecule has 0 spiro atoms. The maximum absolute atomic E-state index is 12.2. The number of amides is 2. The van der Waals surface area contributed by atoms with E-state index in [1.807, 2.05) is 54.6 Å². The number of benzene rings is 3. The van der Waals surface area contributed by atoms with Crippen LogP contribution < -0.4 is 16.2 Å². The van der Waals surface area contributed by atoms with Gasteiger partial charge in [0.05, 0.1) is 23.6 Å². The van der Waals surface area contributed by atoms with E-state index in [0.717, 1.165) is 16.7 Å². The van der Waals surface area contributed by atoms with Crippen LogP contribution in [0.15, 0.2) is 85.1 Å². The summed E-state index contributed by atoms with van der Waals surface area (Å²) >= 11 is 11.9. The molecular weight excluding hydrogens is 433 g/mol. The average Bonchev–Trinajstić information content (AvgIpc) is 2.76. The standard InChI is InChI=1S/C24H21Cl2N3O2/c1-16(13-23(30)27-22-15-20(25)11-12-21(22)26)28-29-24(31)14-17-7-9-19(10-8-17)18-5-3-2-4-6-18/h2-12,15,28H,1,13-14H2,(H,27,30)(H,29,31). The van der Waals surface area contributed by atoms with Gasteiger partial charge in [0.2, 0.25) is 11.8 Å². The highest BCUT2D eigenvalue weighted by Crippen LogP contribution is 2.25. The normalized spacial score (nSPS) is 10.3. The molecule has 0 saturated carbocycles. The Bertz CT molecular complexity index is 1080.